The average molecular weight is 449 g/mol. The number of aryl methyl sites for hydroxylation is 2. The molecule has 11 heteroatoms. The van der Waals surface area contributed by atoms with Gasteiger partial charge in [0.25, 0.3) is 0 Å². The quantitative estimate of drug-likeness (QED) is 0.497. The molecule has 0 radical (unpaired) electrons. The summed E-state index contributed by atoms with van der Waals surface area (Å²) < 4.78 is 13.1. The molecule has 160 valence electrons. The van der Waals surface area contributed by atoms with E-state index in [2.05, 4.69) is 25.7 Å². The number of ether oxygens (including phenoxy) is 2. The molecule has 0 aliphatic heterocycles. The molecule has 0 aliphatic carbocycles. The Balaban J connectivity index is 1.64. The molecule has 0 spiro atoms. The number of hydrogen-bond donors (Lipinski definition) is 1. The highest BCUT2D eigenvalue weighted by molar-refractivity contribution is 8.00. The summed E-state index contributed by atoms with van der Waals surface area (Å²) in [6.45, 7) is 6.02. The van der Waals surface area contributed by atoms with Crippen LogP contribution in [0.15, 0.2) is 23.4 Å². The zero-order valence-corrected chi connectivity index (χ0v) is 19.1. The van der Waals surface area contributed by atoms with Crippen LogP contribution in [0.2, 0.25) is 0 Å². The first-order valence-electron chi connectivity index (χ1n) is 9.34. The predicted molar refractivity (Wildman–Crippen MR) is 116 cm³/mol. The molecule has 0 aliphatic rings. The molecular weight excluding hydrogens is 424 g/mol. The van der Waals surface area contributed by atoms with E-state index in [0.717, 1.165) is 10.6 Å². The van der Waals surface area contributed by atoms with Gasteiger partial charge in [-0.3, -0.25) is 10.1 Å². The molecule has 0 saturated heterocycles. The van der Waals surface area contributed by atoms with Crippen molar-refractivity contribution in [1.29, 1.82) is 0 Å². The van der Waals surface area contributed by atoms with Gasteiger partial charge in [-0.25, -0.2) is 0 Å². The third-order valence-corrected chi connectivity index (χ3v) is 6.42. The van der Waals surface area contributed by atoms with Gasteiger partial charge in [0, 0.05) is 7.05 Å². The number of carbonyl (C=O) groups excluding carboxylic acids is 1. The van der Waals surface area contributed by atoms with E-state index in [9.17, 15) is 4.79 Å². The monoisotopic (exact) mass is 448 g/mol. The standard InChI is InChI=1S/C19H24N6O3S2/c1-6-15(17(26)20-18-23-21-12(3)29-18)30-19-24-22-16(25(19)4)10-28-13-8-7-11(2)9-14(13)27-5/h7-9,15H,6,10H2,1-5H3,(H,20,23,26). The van der Waals surface area contributed by atoms with Gasteiger partial charge in [0.05, 0.1) is 12.4 Å². The molecule has 3 rings (SSSR count). The Bertz CT molecular complexity index is 1020. The summed E-state index contributed by atoms with van der Waals surface area (Å²) in [5, 5.41) is 20.7. The van der Waals surface area contributed by atoms with Crippen molar-refractivity contribution in [2.45, 2.75) is 44.2 Å². The second-order valence-electron chi connectivity index (χ2n) is 6.53. The molecular formula is C19H24N6O3S2. The van der Waals surface area contributed by atoms with Crippen LogP contribution in [0, 0.1) is 13.8 Å². The van der Waals surface area contributed by atoms with Crippen molar-refractivity contribution < 1.29 is 14.3 Å². The van der Waals surface area contributed by atoms with Gasteiger partial charge in [0.1, 0.15) is 11.6 Å². The number of methoxy groups -OCH3 is 1. The van der Waals surface area contributed by atoms with Crippen molar-refractivity contribution in [1.82, 2.24) is 25.0 Å². The van der Waals surface area contributed by atoms with Gasteiger partial charge in [0.2, 0.25) is 11.0 Å². The third kappa shape index (κ3) is 5.28. The number of rotatable bonds is 9. The largest absolute Gasteiger partial charge is 0.493 e. The fourth-order valence-corrected chi connectivity index (χ4v) is 4.13. The number of amides is 1. The van der Waals surface area contributed by atoms with E-state index in [1.165, 1.54) is 23.1 Å². The summed E-state index contributed by atoms with van der Waals surface area (Å²) >= 11 is 2.70. The molecule has 1 unspecified atom stereocenters. The van der Waals surface area contributed by atoms with Crippen LogP contribution in [-0.4, -0.2) is 43.2 Å². The van der Waals surface area contributed by atoms with Gasteiger partial charge in [-0.15, -0.1) is 20.4 Å². The number of benzene rings is 1. The second-order valence-corrected chi connectivity index (χ2v) is 8.88. The normalized spacial score (nSPS) is 11.9. The highest BCUT2D eigenvalue weighted by Crippen LogP contribution is 2.29. The molecule has 0 bridgehead atoms. The van der Waals surface area contributed by atoms with Gasteiger partial charge < -0.3 is 14.0 Å². The van der Waals surface area contributed by atoms with Gasteiger partial charge in [-0.2, -0.15) is 0 Å². The van der Waals surface area contributed by atoms with E-state index in [-0.39, 0.29) is 17.8 Å². The topological polar surface area (TPSA) is 104 Å². The molecule has 3 aromatic rings. The van der Waals surface area contributed by atoms with Crippen LogP contribution in [0.25, 0.3) is 0 Å². The first kappa shape index (κ1) is 22.0. The molecule has 2 heterocycles. The molecule has 1 amide bonds. The Kier molecular flexibility index (Phi) is 7.27. The summed E-state index contributed by atoms with van der Waals surface area (Å²) in [6, 6.07) is 5.74. The van der Waals surface area contributed by atoms with E-state index >= 15 is 0 Å². The predicted octanol–water partition coefficient (Wildman–Crippen LogP) is 3.38. The van der Waals surface area contributed by atoms with Gasteiger partial charge in [-0.1, -0.05) is 36.1 Å². The number of carbonyl (C=O) groups is 1. The third-order valence-electron chi connectivity index (χ3n) is 4.27. The lowest BCUT2D eigenvalue weighted by Gasteiger charge is -2.13. The average Bonchev–Trinajstić information content (AvgIpc) is 3.29. The van der Waals surface area contributed by atoms with Crippen LogP contribution >= 0.6 is 23.1 Å². The molecule has 0 fully saturated rings. The maximum atomic E-state index is 12.6. The van der Waals surface area contributed by atoms with Crippen LogP contribution in [0.1, 0.15) is 29.7 Å². The Labute approximate surface area is 183 Å². The Morgan fingerprint density at radius 1 is 1.23 bits per heavy atom. The minimum absolute atomic E-state index is 0.135. The SMILES string of the molecule is CCC(Sc1nnc(COc2ccc(C)cc2OC)n1C)C(=O)Nc1nnc(C)s1. The van der Waals surface area contributed by atoms with E-state index in [1.54, 1.807) is 7.11 Å². The fraction of sp³-hybridized carbons (Fsp3) is 0.421. The van der Waals surface area contributed by atoms with Crippen molar-refractivity contribution in [3.05, 3.63) is 34.6 Å². The minimum Gasteiger partial charge on any atom is -0.493 e. The highest BCUT2D eigenvalue weighted by Gasteiger charge is 2.23. The number of hydrogen-bond acceptors (Lipinski definition) is 9. The minimum atomic E-state index is -0.330. The molecule has 0 saturated carbocycles. The molecule has 1 N–H and O–H groups in total. The van der Waals surface area contributed by atoms with E-state index in [0.29, 0.717) is 34.0 Å². The number of nitrogens with one attached hydrogen (secondary N) is 1. The van der Waals surface area contributed by atoms with Gasteiger partial charge >= 0.3 is 0 Å². The molecule has 2 aromatic heterocycles. The molecule has 30 heavy (non-hydrogen) atoms. The van der Waals surface area contributed by atoms with Gasteiger partial charge in [0.15, 0.2) is 22.5 Å². The number of aromatic nitrogens is 5. The summed E-state index contributed by atoms with van der Waals surface area (Å²) in [7, 11) is 3.46. The smallest absolute Gasteiger partial charge is 0.239 e. The van der Waals surface area contributed by atoms with E-state index in [4.69, 9.17) is 9.47 Å². The summed E-state index contributed by atoms with van der Waals surface area (Å²) in [5.41, 5.74) is 1.09. The Morgan fingerprint density at radius 3 is 2.70 bits per heavy atom. The molecule has 1 atom stereocenters. The van der Waals surface area contributed by atoms with Crippen LogP contribution in [0.4, 0.5) is 5.13 Å². The second kappa shape index (κ2) is 9.90. The first-order chi connectivity index (χ1) is 14.4. The van der Waals surface area contributed by atoms with Gasteiger partial charge in [-0.05, 0) is 38.0 Å². The van der Waals surface area contributed by atoms with Crippen molar-refractivity contribution in [2.75, 3.05) is 12.4 Å². The lowest BCUT2D eigenvalue weighted by molar-refractivity contribution is -0.115. The van der Waals surface area contributed by atoms with Crippen LogP contribution in [-0.2, 0) is 18.4 Å². The first-order valence-corrected chi connectivity index (χ1v) is 11.0. The molecule has 9 nitrogen and oxygen atoms in total. The van der Waals surface area contributed by atoms with Crippen molar-refractivity contribution in [3.8, 4) is 11.5 Å². The fourth-order valence-electron chi connectivity index (χ4n) is 2.59. The summed E-state index contributed by atoms with van der Waals surface area (Å²) in [6.07, 6.45) is 0.632. The van der Waals surface area contributed by atoms with Crippen molar-refractivity contribution in [2.24, 2.45) is 7.05 Å². The number of anilines is 1. The zero-order chi connectivity index (χ0) is 21.7. The molecule has 1 aromatic carbocycles. The number of nitrogens with zero attached hydrogens (tertiary/aromatic N) is 5. The lowest BCUT2D eigenvalue weighted by Crippen LogP contribution is -2.25. The van der Waals surface area contributed by atoms with E-state index < -0.39 is 0 Å². The van der Waals surface area contributed by atoms with Crippen LogP contribution < -0.4 is 14.8 Å². The zero-order valence-electron chi connectivity index (χ0n) is 17.5. The van der Waals surface area contributed by atoms with Crippen LogP contribution in [0.3, 0.4) is 0 Å². The maximum Gasteiger partial charge on any atom is 0.239 e. The van der Waals surface area contributed by atoms with Crippen molar-refractivity contribution >= 4 is 34.1 Å². The maximum absolute atomic E-state index is 12.6. The lowest BCUT2D eigenvalue weighted by atomic mass is 10.2. The van der Waals surface area contributed by atoms with Crippen LogP contribution in [0.5, 0.6) is 11.5 Å². The Hall–Kier alpha value is -2.66. The van der Waals surface area contributed by atoms with Crippen molar-refractivity contribution in [3.63, 3.8) is 0 Å². The number of thioether (sulfide) groups is 1. The Morgan fingerprint density at radius 2 is 2.03 bits per heavy atom. The summed E-state index contributed by atoms with van der Waals surface area (Å²) in [5.74, 6) is 1.82. The highest BCUT2D eigenvalue weighted by atomic mass is 32.2. The van der Waals surface area contributed by atoms with E-state index in [1.807, 2.05) is 50.6 Å². The summed E-state index contributed by atoms with van der Waals surface area (Å²) in [4.78, 5) is 12.6.